The van der Waals surface area contributed by atoms with Crippen molar-refractivity contribution in [1.29, 1.82) is 0 Å². The molecule has 0 unspecified atom stereocenters. The lowest BCUT2D eigenvalue weighted by Crippen LogP contribution is -2.23. The number of amides is 1. The van der Waals surface area contributed by atoms with Gasteiger partial charge in [-0.05, 0) is 23.8 Å². The quantitative estimate of drug-likeness (QED) is 0.599. The Morgan fingerprint density at radius 2 is 2.08 bits per heavy atom. The van der Waals surface area contributed by atoms with Crippen LogP contribution in [0.4, 0.5) is 4.39 Å². The number of para-hydroxylation sites is 1. The molecule has 0 aliphatic carbocycles. The molecule has 2 aromatic heterocycles. The molecule has 25 heavy (non-hydrogen) atoms. The van der Waals surface area contributed by atoms with Gasteiger partial charge in [0.2, 0.25) is 5.82 Å². The topological polar surface area (TPSA) is 83.8 Å². The predicted molar refractivity (Wildman–Crippen MR) is 89.2 cm³/mol. The van der Waals surface area contributed by atoms with E-state index < -0.39 is 5.91 Å². The molecule has 2 aromatic carbocycles. The van der Waals surface area contributed by atoms with E-state index in [9.17, 15) is 9.18 Å². The van der Waals surface area contributed by atoms with Crippen LogP contribution in [0.3, 0.4) is 0 Å². The summed E-state index contributed by atoms with van der Waals surface area (Å²) in [6, 6.07) is 13.7. The first kappa shape index (κ1) is 15.1. The summed E-state index contributed by atoms with van der Waals surface area (Å²) in [6.07, 6.45) is 1.77. The van der Waals surface area contributed by atoms with Gasteiger partial charge in [-0.2, -0.15) is 4.98 Å². The van der Waals surface area contributed by atoms with Crippen molar-refractivity contribution >= 4 is 16.8 Å². The van der Waals surface area contributed by atoms with Crippen LogP contribution >= 0.6 is 0 Å². The molecule has 0 fully saturated rings. The van der Waals surface area contributed by atoms with Gasteiger partial charge in [0.05, 0.1) is 0 Å². The van der Waals surface area contributed by atoms with E-state index in [1.165, 1.54) is 12.1 Å². The summed E-state index contributed by atoms with van der Waals surface area (Å²) >= 11 is 0. The molecule has 7 heteroatoms. The number of carbonyl (C=O) groups excluding carboxylic acids is 1. The fourth-order valence-electron chi connectivity index (χ4n) is 2.59. The van der Waals surface area contributed by atoms with Gasteiger partial charge in [-0.1, -0.05) is 35.5 Å². The van der Waals surface area contributed by atoms with Crippen molar-refractivity contribution in [1.82, 2.24) is 20.4 Å². The highest BCUT2D eigenvalue weighted by molar-refractivity contribution is 5.94. The maximum absolute atomic E-state index is 13.1. The van der Waals surface area contributed by atoms with E-state index in [0.29, 0.717) is 11.4 Å². The lowest BCUT2D eigenvalue weighted by Gasteiger charge is -2.02. The molecule has 0 saturated carbocycles. The van der Waals surface area contributed by atoms with Crippen LogP contribution < -0.4 is 5.32 Å². The standard InChI is InChI=1S/C18H13FN4O2/c19-12-5-3-4-11(8-12)9-21-17(24)18-22-16(23-25-18)14-10-20-15-7-2-1-6-13(14)15/h1-8,10,20H,9H2,(H,21,24). The molecule has 0 spiro atoms. The summed E-state index contributed by atoms with van der Waals surface area (Å²) in [4.78, 5) is 19.4. The zero-order valence-corrected chi connectivity index (χ0v) is 13.0. The van der Waals surface area contributed by atoms with Gasteiger partial charge in [-0.3, -0.25) is 4.79 Å². The zero-order chi connectivity index (χ0) is 17.2. The summed E-state index contributed by atoms with van der Waals surface area (Å²) in [7, 11) is 0. The van der Waals surface area contributed by atoms with Crippen molar-refractivity contribution in [3.8, 4) is 11.4 Å². The number of H-pyrrole nitrogens is 1. The number of nitrogens with one attached hydrogen (secondary N) is 2. The average molecular weight is 336 g/mol. The third-order valence-electron chi connectivity index (χ3n) is 3.79. The van der Waals surface area contributed by atoms with Gasteiger partial charge in [0.15, 0.2) is 0 Å². The van der Waals surface area contributed by atoms with Crippen LogP contribution in [0.2, 0.25) is 0 Å². The second kappa shape index (κ2) is 6.20. The van der Waals surface area contributed by atoms with Crippen molar-refractivity contribution < 1.29 is 13.7 Å². The first-order valence-corrected chi connectivity index (χ1v) is 7.63. The number of halogens is 1. The van der Waals surface area contributed by atoms with E-state index in [1.54, 1.807) is 18.3 Å². The Hall–Kier alpha value is -3.48. The summed E-state index contributed by atoms with van der Waals surface area (Å²) in [5.74, 6) is -0.681. The second-order valence-electron chi connectivity index (χ2n) is 5.48. The van der Waals surface area contributed by atoms with E-state index in [0.717, 1.165) is 16.5 Å². The number of rotatable bonds is 4. The molecule has 4 rings (SSSR count). The first-order chi connectivity index (χ1) is 12.2. The Kier molecular flexibility index (Phi) is 3.74. The Morgan fingerprint density at radius 3 is 2.96 bits per heavy atom. The number of nitrogens with zero attached hydrogens (tertiary/aromatic N) is 2. The maximum atomic E-state index is 13.1. The van der Waals surface area contributed by atoms with Crippen LogP contribution in [0.5, 0.6) is 0 Å². The van der Waals surface area contributed by atoms with Gasteiger partial charge >= 0.3 is 11.8 Å². The molecule has 2 N–H and O–H groups in total. The largest absolute Gasteiger partial charge is 0.360 e. The predicted octanol–water partition coefficient (Wildman–Crippen LogP) is 3.29. The zero-order valence-electron chi connectivity index (χ0n) is 13.0. The monoisotopic (exact) mass is 336 g/mol. The number of aromatic nitrogens is 3. The highest BCUT2D eigenvalue weighted by Gasteiger charge is 2.17. The average Bonchev–Trinajstić information content (AvgIpc) is 3.26. The summed E-state index contributed by atoms with van der Waals surface area (Å²) < 4.78 is 18.2. The maximum Gasteiger partial charge on any atom is 0.316 e. The Morgan fingerprint density at radius 1 is 1.20 bits per heavy atom. The number of benzene rings is 2. The van der Waals surface area contributed by atoms with E-state index in [-0.39, 0.29) is 18.3 Å². The molecular formula is C18H13FN4O2. The molecule has 0 aliphatic heterocycles. The first-order valence-electron chi connectivity index (χ1n) is 7.63. The molecular weight excluding hydrogens is 323 g/mol. The number of hydrogen-bond acceptors (Lipinski definition) is 4. The van der Waals surface area contributed by atoms with Gasteiger partial charge in [0, 0.05) is 29.2 Å². The third kappa shape index (κ3) is 2.99. The van der Waals surface area contributed by atoms with Gasteiger partial charge in [-0.25, -0.2) is 4.39 Å². The van der Waals surface area contributed by atoms with Crippen LogP contribution in [-0.4, -0.2) is 21.0 Å². The second-order valence-corrected chi connectivity index (χ2v) is 5.48. The fourth-order valence-corrected chi connectivity index (χ4v) is 2.59. The smallest absolute Gasteiger partial charge is 0.316 e. The van der Waals surface area contributed by atoms with Crippen LogP contribution in [-0.2, 0) is 6.54 Å². The highest BCUT2D eigenvalue weighted by atomic mass is 19.1. The summed E-state index contributed by atoms with van der Waals surface area (Å²) in [6.45, 7) is 0.168. The molecule has 0 atom stereocenters. The molecule has 1 amide bonds. The van der Waals surface area contributed by atoms with E-state index >= 15 is 0 Å². The molecule has 4 aromatic rings. The molecule has 0 aliphatic rings. The summed E-state index contributed by atoms with van der Waals surface area (Å²) in [5.41, 5.74) is 2.34. The molecule has 0 bridgehead atoms. The normalized spacial score (nSPS) is 10.9. The third-order valence-corrected chi connectivity index (χ3v) is 3.79. The number of hydrogen-bond donors (Lipinski definition) is 2. The summed E-state index contributed by atoms with van der Waals surface area (Å²) in [5, 5.41) is 7.44. The van der Waals surface area contributed by atoms with Crippen molar-refractivity contribution in [3.63, 3.8) is 0 Å². The van der Waals surface area contributed by atoms with E-state index in [2.05, 4.69) is 20.4 Å². The Labute approximate surface area is 141 Å². The molecule has 124 valence electrons. The van der Waals surface area contributed by atoms with Crippen LogP contribution in [0, 0.1) is 5.82 Å². The lowest BCUT2D eigenvalue weighted by atomic mass is 10.2. The minimum absolute atomic E-state index is 0.142. The van der Waals surface area contributed by atoms with E-state index in [4.69, 9.17) is 4.52 Å². The van der Waals surface area contributed by atoms with Gasteiger partial charge in [0.1, 0.15) is 5.82 Å². The minimum atomic E-state index is -0.511. The van der Waals surface area contributed by atoms with Crippen molar-refractivity contribution in [2.24, 2.45) is 0 Å². The number of carbonyl (C=O) groups is 1. The van der Waals surface area contributed by atoms with Crippen molar-refractivity contribution in [2.45, 2.75) is 6.54 Å². The number of aromatic amines is 1. The van der Waals surface area contributed by atoms with Crippen molar-refractivity contribution in [2.75, 3.05) is 0 Å². The van der Waals surface area contributed by atoms with Crippen LogP contribution in [0.15, 0.2) is 59.3 Å². The highest BCUT2D eigenvalue weighted by Crippen LogP contribution is 2.26. The van der Waals surface area contributed by atoms with Crippen LogP contribution in [0.1, 0.15) is 16.2 Å². The lowest BCUT2D eigenvalue weighted by molar-refractivity contribution is 0.0907. The van der Waals surface area contributed by atoms with E-state index in [1.807, 2.05) is 24.3 Å². The Balaban J connectivity index is 1.52. The van der Waals surface area contributed by atoms with Crippen LogP contribution in [0.25, 0.3) is 22.3 Å². The van der Waals surface area contributed by atoms with Gasteiger partial charge < -0.3 is 14.8 Å². The van der Waals surface area contributed by atoms with Gasteiger partial charge in [0.25, 0.3) is 0 Å². The minimum Gasteiger partial charge on any atom is -0.360 e. The number of fused-ring (bicyclic) bond motifs is 1. The SMILES string of the molecule is O=C(NCc1cccc(F)c1)c1nc(-c2c[nH]c3ccccc23)no1. The molecule has 6 nitrogen and oxygen atoms in total. The van der Waals surface area contributed by atoms with Gasteiger partial charge in [-0.15, -0.1) is 0 Å². The molecule has 0 saturated heterocycles. The fraction of sp³-hybridized carbons (Fsp3) is 0.0556. The molecule has 2 heterocycles. The van der Waals surface area contributed by atoms with Crippen molar-refractivity contribution in [3.05, 3.63) is 72.0 Å². The molecule has 0 radical (unpaired) electrons. The Bertz CT molecular complexity index is 1050.